The van der Waals surface area contributed by atoms with E-state index in [4.69, 9.17) is 9.47 Å². The van der Waals surface area contributed by atoms with Gasteiger partial charge in [0.25, 0.3) is 0 Å². The second-order valence-corrected chi connectivity index (χ2v) is 6.56. The Morgan fingerprint density at radius 2 is 1.76 bits per heavy atom. The molecule has 1 heterocycles. The molecule has 1 unspecified atom stereocenters. The molecule has 0 spiro atoms. The monoisotopic (exact) mass is 411 g/mol. The average Bonchev–Trinajstić information content (AvgIpc) is 2.51. The lowest BCUT2D eigenvalue weighted by Crippen LogP contribution is -2.20. The van der Waals surface area contributed by atoms with Crippen LogP contribution in [0.4, 0.5) is 0 Å². The molecule has 0 saturated heterocycles. The first-order valence-electron chi connectivity index (χ1n) is 6.71. The molecule has 21 heavy (non-hydrogen) atoms. The van der Waals surface area contributed by atoms with Gasteiger partial charge < -0.3 is 14.8 Å². The van der Waals surface area contributed by atoms with Gasteiger partial charge in [-0.25, -0.2) is 0 Å². The molecule has 0 aromatic heterocycles. The number of ether oxygens (including phenoxy) is 2. The van der Waals surface area contributed by atoms with E-state index in [0.717, 1.165) is 26.0 Å². The fourth-order valence-electron chi connectivity index (χ4n) is 2.48. The first kappa shape index (κ1) is 14.9. The van der Waals surface area contributed by atoms with Gasteiger partial charge in [-0.1, -0.05) is 37.9 Å². The molecule has 3 rings (SSSR count). The minimum atomic E-state index is 0.0766. The molecule has 0 radical (unpaired) electrons. The number of rotatable bonds is 3. The topological polar surface area (TPSA) is 30.5 Å². The summed E-state index contributed by atoms with van der Waals surface area (Å²) >= 11 is 7.16. The van der Waals surface area contributed by atoms with Crippen molar-refractivity contribution in [1.82, 2.24) is 5.32 Å². The van der Waals surface area contributed by atoms with Crippen molar-refractivity contribution in [3.8, 4) is 11.5 Å². The lowest BCUT2D eigenvalue weighted by molar-refractivity contribution is 0.171. The van der Waals surface area contributed by atoms with Gasteiger partial charge in [0.15, 0.2) is 11.5 Å². The Hall–Kier alpha value is -1.04. The summed E-state index contributed by atoms with van der Waals surface area (Å²) in [5.74, 6) is 1.62. The van der Waals surface area contributed by atoms with Gasteiger partial charge in [-0.05, 0) is 48.5 Å². The van der Waals surface area contributed by atoms with E-state index < -0.39 is 0 Å². The third-order valence-corrected chi connectivity index (χ3v) is 4.67. The Morgan fingerprint density at radius 3 is 2.52 bits per heavy atom. The molecule has 0 fully saturated rings. The Labute approximate surface area is 140 Å². The quantitative estimate of drug-likeness (QED) is 0.815. The maximum absolute atomic E-state index is 5.67. The van der Waals surface area contributed by atoms with Crippen molar-refractivity contribution in [2.75, 3.05) is 20.3 Å². The summed E-state index contributed by atoms with van der Waals surface area (Å²) in [6.45, 7) is 1.21. The molecule has 1 aliphatic rings. The van der Waals surface area contributed by atoms with E-state index in [1.54, 1.807) is 0 Å². The van der Waals surface area contributed by atoms with E-state index in [9.17, 15) is 0 Å². The number of nitrogens with one attached hydrogen (secondary N) is 1. The number of benzene rings is 2. The first-order chi connectivity index (χ1) is 10.2. The molecule has 1 aliphatic heterocycles. The molecule has 2 aromatic carbocycles. The number of fused-ring (bicyclic) bond motifs is 1. The zero-order valence-corrected chi connectivity index (χ0v) is 14.7. The van der Waals surface area contributed by atoms with Crippen molar-refractivity contribution < 1.29 is 9.47 Å². The molecule has 1 atom stereocenters. The summed E-state index contributed by atoms with van der Waals surface area (Å²) in [5, 5.41) is 3.36. The summed E-state index contributed by atoms with van der Waals surface area (Å²) in [5.41, 5.74) is 2.31. The van der Waals surface area contributed by atoms with Crippen molar-refractivity contribution in [3.05, 3.63) is 56.5 Å². The van der Waals surface area contributed by atoms with E-state index in [1.807, 2.05) is 31.3 Å². The molecule has 110 valence electrons. The van der Waals surface area contributed by atoms with Gasteiger partial charge in [-0.2, -0.15) is 0 Å². The fourth-order valence-corrected chi connectivity index (χ4v) is 3.33. The minimum Gasteiger partial charge on any atom is -0.486 e. The Bertz CT molecular complexity index is 661. The lowest BCUT2D eigenvalue weighted by atomic mass is 9.98. The van der Waals surface area contributed by atoms with Crippen LogP contribution in [0.25, 0.3) is 0 Å². The van der Waals surface area contributed by atoms with Crippen LogP contribution >= 0.6 is 31.9 Å². The number of hydrogen-bond donors (Lipinski definition) is 1. The van der Waals surface area contributed by atoms with E-state index in [1.165, 1.54) is 5.56 Å². The van der Waals surface area contributed by atoms with Crippen LogP contribution in [-0.2, 0) is 0 Å². The molecule has 1 N–H and O–H groups in total. The molecule has 0 bridgehead atoms. The molecular weight excluding hydrogens is 398 g/mol. The summed E-state index contributed by atoms with van der Waals surface area (Å²) in [4.78, 5) is 0. The maximum atomic E-state index is 5.67. The predicted octanol–water partition coefficient (Wildman–Crippen LogP) is 4.29. The molecular formula is C16H15Br2NO2. The summed E-state index contributed by atoms with van der Waals surface area (Å²) < 4.78 is 13.4. The largest absolute Gasteiger partial charge is 0.486 e. The van der Waals surface area contributed by atoms with Crippen LogP contribution in [0.2, 0.25) is 0 Å². The van der Waals surface area contributed by atoms with Crippen LogP contribution in [-0.4, -0.2) is 20.3 Å². The van der Waals surface area contributed by atoms with Gasteiger partial charge >= 0.3 is 0 Å². The second-order valence-electron chi connectivity index (χ2n) is 4.79. The average molecular weight is 413 g/mol. The zero-order valence-electron chi connectivity index (χ0n) is 11.5. The van der Waals surface area contributed by atoms with Gasteiger partial charge in [0.05, 0.1) is 6.04 Å². The maximum Gasteiger partial charge on any atom is 0.161 e. The summed E-state index contributed by atoms with van der Waals surface area (Å²) in [6, 6.07) is 12.3. The summed E-state index contributed by atoms with van der Waals surface area (Å²) in [7, 11) is 1.95. The van der Waals surface area contributed by atoms with Gasteiger partial charge in [-0.3, -0.25) is 0 Å². The van der Waals surface area contributed by atoms with Gasteiger partial charge in [0, 0.05) is 8.95 Å². The first-order valence-corrected chi connectivity index (χ1v) is 8.29. The van der Waals surface area contributed by atoms with E-state index >= 15 is 0 Å². The van der Waals surface area contributed by atoms with Crippen molar-refractivity contribution >= 4 is 31.9 Å². The summed E-state index contributed by atoms with van der Waals surface area (Å²) in [6.07, 6.45) is 0. The van der Waals surface area contributed by atoms with Gasteiger partial charge in [0.2, 0.25) is 0 Å². The van der Waals surface area contributed by atoms with Crippen molar-refractivity contribution in [1.29, 1.82) is 0 Å². The molecule has 2 aromatic rings. The van der Waals surface area contributed by atoms with Crippen LogP contribution in [0.15, 0.2) is 45.3 Å². The minimum absolute atomic E-state index is 0.0766. The molecule has 0 aliphatic carbocycles. The van der Waals surface area contributed by atoms with Crippen molar-refractivity contribution in [3.63, 3.8) is 0 Å². The lowest BCUT2D eigenvalue weighted by Gasteiger charge is -2.23. The Morgan fingerprint density at radius 1 is 1.00 bits per heavy atom. The highest BCUT2D eigenvalue weighted by atomic mass is 79.9. The smallest absolute Gasteiger partial charge is 0.161 e. The molecule has 0 amide bonds. The number of halogens is 2. The second kappa shape index (κ2) is 6.38. The van der Waals surface area contributed by atoms with Crippen LogP contribution in [0.3, 0.4) is 0 Å². The van der Waals surface area contributed by atoms with E-state index in [-0.39, 0.29) is 6.04 Å². The predicted molar refractivity (Wildman–Crippen MR) is 90.2 cm³/mol. The molecule has 3 nitrogen and oxygen atoms in total. The zero-order chi connectivity index (χ0) is 14.8. The van der Waals surface area contributed by atoms with Crippen molar-refractivity contribution in [2.24, 2.45) is 0 Å². The number of hydrogen-bond acceptors (Lipinski definition) is 3. The Balaban J connectivity index is 2.01. The SMILES string of the molecule is CNC(c1ccc2c(c1)OCCO2)c1cc(Br)ccc1Br. The van der Waals surface area contributed by atoms with E-state index in [2.05, 4.69) is 49.3 Å². The highest BCUT2D eigenvalue weighted by Gasteiger charge is 2.19. The van der Waals surface area contributed by atoms with E-state index in [0.29, 0.717) is 13.2 Å². The fraction of sp³-hybridized carbons (Fsp3) is 0.250. The van der Waals surface area contributed by atoms with Crippen LogP contribution in [0.5, 0.6) is 11.5 Å². The highest BCUT2D eigenvalue weighted by Crippen LogP contribution is 2.36. The van der Waals surface area contributed by atoms with Crippen molar-refractivity contribution in [2.45, 2.75) is 6.04 Å². The Kier molecular flexibility index (Phi) is 4.52. The standard InChI is InChI=1S/C16H15Br2NO2/c1-19-16(12-9-11(17)3-4-13(12)18)10-2-5-14-15(8-10)21-7-6-20-14/h2-5,8-9,16,19H,6-7H2,1H3. The van der Waals surface area contributed by atoms with Crippen LogP contribution < -0.4 is 14.8 Å². The van der Waals surface area contributed by atoms with Crippen LogP contribution in [0.1, 0.15) is 17.2 Å². The van der Waals surface area contributed by atoms with Crippen LogP contribution in [0, 0.1) is 0 Å². The molecule has 0 saturated carbocycles. The van der Waals surface area contributed by atoms with Gasteiger partial charge in [0.1, 0.15) is 13.2 Å². The van der Waals surface area contributed by atoms with Gasteiger partial charge in [-0.15, -0.1) is 0 Å². The third-order valence-electron chi connectivity index (χ3n) is 3.46. The normalized spacial score (nSPS) is 14.8. The highest BCUT2D eigenvalue weighted by molar-refractivity contribution is 9.11. The third kappa shape index (κ3) is 3.10. The molecule has 5 heteroatoms.